The summed E-state index contributed by atoms with van der Waals surface area (Å²) in [6.07, 6.45) is 0.756. The molecule has 5 nitrogen and oxygen atoms in total. The van der Waals surface area contributed by atoms with Crippen molar-refractivity contribution in [1.82, 2.24) is 9.55 Å². The van der Waals surface area contributed by atoms with Crippen LogP contribution in [0.15, 0.2) is 18.2 Å². The molecule has 118 valence electrons. The molecule has 0 bridgehead atoms. The third kappa shape index (κ3) is 2.65. The standard InChI is InChI=1S/C15H19B2N2O3P/c1-14(2)15(3,4)22-17(21-14)10-6-7-13-11(8-10)12(9-20)18-19(13)23(5)16/h6-9H,1-5H3. The number of carbonyl (C=O) groups excluding carboxylic acids is 1. The van der Waals surface area contributed by atoms with Gasteiger partial charge in [0.15, 0.2) is 6.29 Å². The zero-order valence-corrected chi connectivity index (χ0v) is 14.9. The van der Waals surface area contributed by atoms with Crippen LogP contribution in [0.4, 0.5) is 0 Å². The van der Waals surface area contributed by atoms with Crippen molar-refractivity contribution in [2.45, 2.75) is 38.9 Å². The molecule has 1 aliphatic heterocycles. The highest BCUT2D eigenvalue weighted by Crippen LogP contribution is 2.37. The van der Waals surface area contributed by atoms with E-state index in [1.54, 1.807) is 4.45 Å². The van der Waals surface area contributed by atoms with E-state index in [0.717, 1.165) is 22.7 Å². The van der Waals surface area contributed by atoms with Crippen LogP contribution >= 0.6 is 7.95 Å². The van der Waals surface area contributed by atoms with Gasteiger partial charge in [-0.1, -0.05) is 12.1 Å². The Hall–Kier alpha value is -1.16. The smallest absolute Gasteiger partial charge is 0.399 e. The molecular weight excluding hydrogens is 309 g/mol. The molecule has 3 rings (SSSR count). The number of rotatable bonds is 3. The number of hydrogen-bond donors (Lipinski definition) is 0. The second-order valence-corrected chi connectivity index (χ2v) is 8.36. The molecule has 8 heteroatoms. The summed E-state index contributed by atoms with van der Waals surface area (Å²) in [5, 5.41) is 5.07. The Bertz CT molecular complexity index is 757. The molecule has 2 aromatic rings. The second-order valence-electron chi connectivity index (χ2n) is 6.83. The average Bonchev–Trinajstić information content (AvgIpc) is 2.93. The highest BCUT2D eigenvalue weighted by molar-refractivity contribution is 7.80. The van der Waals surface area contributed by atoms with Gasteiger partial charge in [0, 0.05) is 5.39 Å². The molecule has 1 aromatic heterocycles. The highest BCUT2D eigenvalue weighted by Gasteiger charge is 2.51. The molecule has 23 heavy (non-hydrogen) atoms. The summed E-state index contributed by atoms with van der Waals surface area (Å²) in [6.45, 7) is 9.94. The van der Waals surface area contributed by atoms with Gasteiger partial charge >= 0.3 is 7.12 Å². The maximum Gasteiger partial charge on any atom is 0.494 e. The van der Waals surface area contributed by atoms with Crippen LogP contribution in [0, 0.1) is 0 Å². The summed E-state index contributed by atoms with van der Waals surface area (Å²) < 4.78 is 13.8. The Labute approximate surface area is 139 Å². The number of aromatic nitrogens is 2. The fourth-order valence-electron chi connectivity index (χ4n) is 2.60. The molecule has 2 heterocycles. The lowest BCUT2D eigenvalue weighted by Gasteiger charge is -2.32. The average molecular weight is 328 g/mol. The van der Waals surface area contributed by atoms with Gasteiger partial charge in [0.25, 0.3) is 0 Å². The van der Waals surface area contributed by atoms with Crippen LogP contribution in [-0.2, 0) is 9.31 Å². The van der Waals surface area contributed by atoms with Crippen molar-refractivity contribution in [1.29, 1.82) is 0 Å². The van der Waals surface area contributed by atoms with Crippen LogP contribution in [0.25, 0.3) is 10.9 Å². The number of hydrogen-bond acceptors (Lipinski definition) is 4. The van der Waals surface area contributed by atoms with Gasteiger partial charge in [0.2, 0.25) is 0 Å². The minimum absolute atomic E-state index is 0.387. The monoisotopic (exact) mass is 328 g/mol. The summed E-state index contributed by atoms with van der Waals surface area (Å²) in [7, 11) is 4.57. The SMILES string of the molecule is [B]P(C)n1nc(C=O)c2cc(B3OC(C)(C)C(C)(C)O3)ccc21. The van der Waals surface area contributed by atoms with E-state index in [0.29, 0.717) is 5.69 Å². The minimum atomic E-state index is -0.947. The summed E-state index contributed by atoms with van der Waals surface area (Å²) in [5.41, 5.74) is 1.30. The Morgan fingerprint density at radius 2 is 1.87 bits per heavy atom. The lowest BCUT2D eigenvalue weighted by Crippen LogP contribution is -2.41. The number of benzene rings is 1. The molecule has 1 fully saturated rings. The summed E-state index contributed by atoms with van der Waals surface area (Å²) in [5.74, 6) is 0. The van der Waals surface area contributed by atoms with Crippen molar-refractivity contribution in [3.63, 3.8) is 0 Å². The van der Waals surface area contributed by atoms with Gasteiger partial charge in [-0.3, -0.25) is 9.25 Å². The lowest BCUT2D eigenvalue weighted by atomic mass is 9.78. The predicted molar refractivity (Wildman–Crippen MR) is 94.8 cm³/mol. The molecule has 2 radical (unpaired) electrons. The number of fused-ring (bicyclic) bond motifs is 1. The first-order valence-electron chi connectivity index (χ1n) is 7.48. The van der Waals surface area contributed by atoms with Gasteiger partial charge < -0.3 is 9.31 Å². The third-order valence-electron chi connectivity index (χ3n) is 4.65. The topological polar surface area (TPSA) is 53.4 Å². The largest absolute Gasteiger partial charge is 0.494 e. The van der Waals surface area contributed by atoms with Crippen molar-refractivity contribution >= 4 is 45.3 Å². The Morgan fingerprint density at radius 1 is 1.26 bits per heavy atom. The van der Waals surface area contributed by atoms with Gasteiger partial charge in [-0.2, -0.15) is 5.10 Å². The van der Waals surface area contributed by atoms with Crippen molar-refractivity contribution in [2.75, 3.05) is 6.66 Å². The number of nitrogens with zero attached hydrogens (tertiary/aromatic N) is 2. The second kappa shape index (κ2) is 5.44. The lowest BCUT2D eigenvalue weighted by molar-refractivity contribution is 0.00578. The van der Waals surface area contributed by atoms with Gasteiger partial charge in [-0.05, 0) is 53.8 Å². The van der Waals surface area contributed by atoms with E-state index < -0.39 is 26.3 Å². The highest BCUT2D eigenvalue weighted by atomic mass is 31.1. The fraction of sp³-hybridized carbons (Fsp3) is 0.467. The first-order chi connectivity index (χ1) is 10.7. The Kier molecular flexibility index (Phi) is 3.95. The van der Waals surface area contributed by atoms with E-state index in [2.05, 4.69) is 5.10 Å². The van der Waals surface area contributed by atoms with Gasteiger partial charge in [-0.25, -0.2) is 0 Å². The first-order valence-corrected chi connectivity index (χ1v) is 9.29. The Balaban J connectivity index is 2.06. The van der Waals surface area contributed by atoms with Crippen LogP contribution in [0.3, 0.4) is 0 Å². The normalized spacial score (nSPS) is 20.8. The van der Waals surface area contributed by atoms with Crippen molar-refractivity contribution in [2.24, 2.45) is 0 Å². The molecule has 0 N–H and O–H groups in total. The first kappa shape index (κ1) is 16.7. The van der Waals surface area contributed by atoms with Crippen LogP contribution < -0.4 is 5.46 Å². The quantitative estimate of drug-likeness (QED) is 0.492. The van der Waals surface area contributed by atoms with Crippen molar-refractivity contribution < 1.29 is 14.1 Å². The van der Waals surface area contributed by atoms with Gasteiger partial charge in [-0.15, -0.1) is 0 Å². The van der Waals surface area contributed by atoms with E-state index in [1.165, 1.54) is 0 Å². The van der Waals surface area contributed by atoms with Gasteiger partial charge in [0.1, 0.15) is 13.3 Å². The zero-order valence-electron chi connectivity index (χ0n) is 14.0. The van der Waals surface area contributed by atoms with E-state index >= 15 is 0 Å². The van der Waals surface area contributed by atoms with E-state index in [4.69, 9.17) is 16.9 Å². The molecule has 0 amide bonds. The molecule has 0 saturated carbocycles. The van der Waals surface area contributed by atoms with E-state index in [1.807, 2.05) is 52.6 Å². The molecule has 1 aliphatic rings. The third-order valence-corrected chi connectivity index (χ3v) is 5.55. The molecule has 1 atom stereocenters. The van der Waals surface area contributed by atoms with Crippen LogP contribution in [-0.4, -0.2) is 48.4 Å². The van der Waals surface area contributed by atoms with Crippen LogP contribution in [0.2, 0.25) is 0 Å². The summed E-state index contributed by atoms with van der Waals surface area (Å²) in [6, 6.07) is 5.76. The molecule has 1 unspecified atom stereocenters. The van der Waals surface area contributed by atoms with Crippen molar-refractivity contribution in [3.05, 3.63) is 23.9 Å². The molecule has 0 aliphatic carbocycles. The number of aldehydes is 1. The van der Waals surface area contributed by atoms with Crippen LogP contribution in [0.5, 0.6) is 0 Å². The predicted octanol–water partition coefficient (Wildman–Crippen LogP) is 2.11. The molecule has 1 saturated heterocycles. The maximum absolute atomic E-state index is 11.3. The number of carbonyl (C=O) groups is 1. The molecule has 0 spiro atoms. The fourth-order valence-corrected chi connectivity index (χ4v) is 3.35. The summed E-state index contributed by atoms with van der Waals surface area (Å²) in [4.78, 5) is 11.3. The van der Waals surface area contributed by atoms with E-state index in [9.17, 15) is 4.79 Å². The van der Waals surface area contributed by atoms with Gasteiger partial charge in [0.05, 0.1) is 16.7 Å². The molecular formula is C15H19B2N2O3P. The van der Waals surface area contributed by atoms with E-state index in [-0.39, 0.29) is 0 Å². The molecule has 1 aromatic carbocycles. The maximum atomic E-state index is 11.3. The van der Waals surface area contributed by atoms with Crippen LogP contribution in [0.1, 0.15) is 38.2 Å². The zero-order chi connectivity index (χ0) is 17.0. The minimum Gasteiger partial charge on any atom is -0.399 e. The van der Waals surface area contributed by atoms with Crippen molar-refractivity contribution in [3.8, 4) is 0 Å². The Morgan fingerprint density at radius 3 is 2.39 bits per heavy atom. The summed E-state index contributed by atoms with van der Waals surface area (Å²) >= 11 is 0.